The monoisotopic (exact) mass is 255 g/mol. The Bertz CT molecular complexity index is 551. The third-order valence-electron chi connectivity index (χ3n) is 3.37. The van der Waals surface area contributed by atoms with Crippen LogP contribution in [0.25, 0.3) is 0 Å². The summed E-state index contributed by atoms with van der Waals surface area (Å²) in [6.45, 7) is 3.40. The maximum absolute atomic E-state index is 9.30. The van der Waals surface area contributed by atoms with E-state index in [2.05, 4.69) is 11.0 Å². The molecule has 0 saturated carbocycles. The highest BCUT2D eigenvalue weighted by atomic mass is 16.5. The van der Waals surface area contributed by atoms with Crippen LogP contribution < -0.4 is 4.74 Å². The van der Waals surface area contributed by atoms with Crippen molar-refractivity contribution in [2.24, 2.45) is 0 Å². The van der Waals surface area contributed by atoms with Crippen molar-refractivity contribution < 1.29 is 9.84 Å². The molecule has 0 fully saturated rings. The van der Waals surface area contributed by atoms with Crippen LogP contribution in [0.5, 0.6) is 11.5 Å². The number of nitrogens with zero attached hydrogens (tertiary/aromatic N) is 1. The first-order chi connectivity index (χ1) is 9.31. The molecule has 2 aromatic rings. The van der Waals surface area contributed by atoms with E-state index in [0.717, 1.165) is 32.0 Å². The largest absolute Gasteiger partial charge is 0.508 e. The zero-order valence-electron chi connectivity index (χ0n) is 10.7. The van der Waals surface area contributed by atoms with E-state index in [4.69, 9.17) is 4.74 Å². The molecule has 0 amide bonds. The van der Waals surface area contributed by atoms with Crippen LogP contribution in [0.1, 0.15) is 11.1 Å². The van der Waals surface area contributed by atoms with Gasteiger partial charge in [0.25, 0.3) is 0 Å². The fourth-order valence-electron chi connectivity index (χ4n) is 2.37. The van der Waals surface area contributed by atoms with Gasteiger partial charge >= 0.3 is 0 Å². The lowest BCUT2D eigenvalue weighted by molar-refractivity contribution is 0.219. The minimum atomic E-state index is 0.313. The first-order valence-corrected chi connectivity index (χ1v) is 6.52. The Morgan fingerprint density at radius 2 is 1.84 bits per heavy atom. The molecule has 19 heavy (non-hydrogen) atoms. The quantitative estimate of drug-likeness (QED) is 0.895. The standard InChI is InChI=1S/C16H17NO2/c18-15-7-5-13(6-8-15)11-17-9-10-19-16-4-2-1-3-14(16)12-17/h1-8,18H,9-12H2. The molecule has 3 nitrogen and oxygen atoms in total. The van der Waals surface area contributed by atoms with Crippen LogP contribution in [0.3, 0.4) is 0 Å². The minimum absolute atomic E-state index is 0.313. The third-order valence-corrected chi connectivity index (χ3v) is 3.37. The van der Waals surface area contributed by atoms with E-state index in [9.17, 15) is 5.11 Å². The summed E-state index contributed by atoms with van der Waals surface area (Å²) in [5.41, 5.74) is 2.44. The second-order valence-corrected chi connectivity index (χ2v) is 4.83. The van der Waals surface area contributed by atoms with Crippen LogP contribution in [-0.4, -0.2) is 23.2 Å². The Labute approximate surface area is 113 Å². The minimum Gasteiger partial charge on any atom is -0.508 e. The van der Waals surface area contributed by atoms with E-state index in [-0.39, 0.29) is 0 Å². The fraction of sp³-hybridized carbons (Fsp3) is 0.250. The maximum atomic E-state index is 9.30. The van der Waals surface area contributed by atoms with E-state index in [1.54, 1.807) is 12.1 Å². The number of fused-ring (bicyclic) bond motifs is 1. The number of rotatable bonds is 2. The number of phenols is 1. The Morgan fingerprint density at radius 3 is 2.68 bits per heavy atom. The smallest absolute Gasteiger partial charge is 0.123 e. The summed E-state index contributed by atoms with van der Waals surface area (Å²) < 4.78 is 5.75. The molecule has 1 aliphatic heterocycles. The van der Waals surface area contributed by atoms with Gasteiger partial charge < -0.3 is 9.84 Å². The number of ether oxygens (including phenoxy) is 1. The molecule has 0 radical (unpaired) electrons. The number of hydrogen-bond acceptors (Lipinski definition) is 3. The van der Waals surface area contributed by atoms with Crippen molar-refractivity contribution in [1.82, 2.24) is 4.90 Å². The SMILES string of the molecule is Oc1ccc(CN2CCOc3ccccc3C2)cc1. The summed E-state index contributed by atoms with van der Waals surface area (Å²) in [6, 6.07) is 15.6. The Kier molecular flexibility index (Phi) is 3.38. The van der Waals surface area contributed by atoms with Gasteiger partial charge in [0.1, 0.15) is 18.1 Å². The number of aromatic hydroxyl groups is 1. The number of phenolic OH excluding ortho intramolecular Hbond substituents is 1. The summed E-state index contributed by atoms with van der Waals surface area (Å²) in [5.74, 6) is 1.31. The van der Waals surface area contributed by atoms with E-state index >= 15 is 0 Å². The lowest BCUT2D eigenvalue weighted by Crippen LogP contribution is -2.25. The van der Waals surface area contributed by atoms with Gasteiger partial charge in [0, 0.05) is 25.2 Å². The van der Waals surface area contributed by atoms with Crippen LogP contribution in [0, 0.1) is 0 Å². The Balaban J connectivity index is 1.74. The van der Waals surface area contributed by atoms with Gasteiger partial charge in [-0.05, 0) is 23.8 Å². The molecule has 0 atom stereocenters. The van der Waals surface area contributed by atoms with Crippen molar-refractivity contribution >= 4 is 0 Å². The number of hydrogen-bond donors (Lipinski definition) is 1. The summed E-state index contributed by atoms with van der Waals surface area (Å²) in [5, 5.41) is 9.30. The molecule has 0 aliphatic carbocycles. The zero-order valence-corrected chi connectivity index (χ0v) is 10.7. The average molecular weight is 255 g/mol. The third kappa shape index (κ3) is 2.88. The molecule has 3 heteroatoms. The molecule has 0 unspecified atom stereocenters. The molecule has 1 aliphatic rings. The number of para-hydroxylation sites is 1. The van der Waals surface area contributed by atoms with Crippen molar-refractivity contribution in [3.8, 4) is 11.5 Å². The molecule has 2 aromatic carbocycles. The van der Waals surface area contributed by atoms with E-state index in [0.29, 0.717) is 5.75 Å². The predicted molar refractivity (Wildman–Crippen MR) is 74.2 cm³/mol. The molecule has 3 rings (SSSR count). The Morgan fingerprint density at radius 1 is 1.05 bits per heavy atom. The molecule has 1 N–H and O–H groups in total. The normalized spacial score (nSPS) is 15.4. The van der Waals surface area contributed by atoms with Gasteiger partial charge in [-0.1, -0.05) is 30.3 Å². The van der Waals surface area contributed by atoms with Crippen molar-refractivity contribution in [1.29, 1.82) is 0 Å². The van der Waals surface area contributed by atoms with Gasteiger partial charge in [-0.25, -0.2) is 0 Å². The van der Waals surface area contributed by atoms with Gasteiger partial charge in [-0.2, -0.15) is 0 Å². The van der Waals surface area contributed by atoms with Crippen molar-refractivity contribution in [3.63, 3.8) is 0 Å². The van der Waals surface area contributed by atoms with Crippen LogP contribution in [0.2, 0.25) is 0 Å². The zero-order chi connectivity index (χ0) is 13.1. The fourth-order valence-corrected chi connectivity index (χ4v) is 2.37. The van der Waals surface area contributed by atoms with E-state index in [1.165, 1.54) is 11.1 Å². The summed E-state index contributed by atoms with van der Waals surface area (Å²) in [7, 11) is 0. The van der Waals surface area contributed by atoms with Crippen LogP contribution in [0.15, 0.2) is 48.5 Å². The lowest BCUT2D eigenvalue weighted by atomic mass is 10.1. The number of benzene rings is 2. The predicted octanol–water partition coefficient (Wildman–Crippen LogP) is 2.79. The van der Waals surface area contributed by atoms with Crippen molar-refractivity contribution in [2.45, 2.75) is 13.1 Å². The van der Waals surface area contributed by atoms with Gasteiger partial charge in [-0.15, -0.1) is 0 Å². The molecular weight excluding hydrogens is 238 g/mol. The van der Waals surface area contributed by atoms with Gasteiger partial charge in [0.15, 0.2) is 0 Å². The molecular formula is C16H17NO2. The first-order valence-electron chi connectivity index (χ1n) is 6.52. The molecule has 0 bridgehead atoms. The van der Waals surface area contributed by atoms with Gasteiger partial charge in [-0.3, -0.25) is 4.90 Å². The van der Waals surface area contributed by atoms with Crippen LogP contribution in [-0.2, 0) is 13.1 Å². The molecule has 0 aromatic heterocycles. The summed E-state index contributed by atoms with van der Waals surface area (Å²) in [4.78, 5) is 2.36. The topological polar surface area (TPSA) is 32.7 Å². The molecule has 0 spiro atoms. The summed E-state index contributed by atoms with van der Waals surface area (Å²) >= 11 is 0. The van der Waals surface area contributed by atoms with E-state index in [1.807, 2.05) is 30.3 Å². The highest BCUT2D eigenvalue weighted by Gasteiger charge is 2.14. The average Bonchev–Trinajstić information content (AvgIpc) is 2.63. The van der Waals surface area contributed by atoms with Crippen LogP contribution in [0.4, 0.5) is 0 Å². The van der Waals surface area contributed by atoms with Crippen molar-refractivity contribution in [3.05, 3.63) is 59.7 Å². The maximum Gasteiger partial charge on any atom is 0.123 e. The highest BCUT2D eigenvalue weighted by molar-refractivity contribution is 5.34. The summed E-state index contributed by atoms with van der Waals surface area (Å²) in [6.07, 6.45) is 0. The van der Waals surface area contributed by atoms with Crippen molar-refractivity contribution in [2.75, 3.05) is 13.2 Å². The molecule has 0 saturated heterocycles. The second kappa shape index (κ2) is 5.33. The molecule has 98 valence electrons. The second-order valence-electron chi connectivity index (χ2n) is 4.83. The Hall–Kier alpha value is -2.00. The van der Waals surface area contributed by atoms with Gasteiger partial charge in [0.05, 0.1) is 0 Å². The highest BCUT2D eigenvalue weighted by Crippen LogP contribution is 2.23. The van der Waals surface area contributed by atoms with E-state index < -0.39 is 0 Å². The van der Waals surface area contributed by atoms with Crippen LogP contribution >= 0.6 is 0 Å². The molecule has 1 heterocycles. The lowest BCUT2D eigenvalue weighted by Gasteiger charge is -2.19. The first kappa shape index (κ1) is 12.1. The van der Waals surface area contributed by atoms with Gasteiger partial charge in [0.2, 0.25) is 0 Å².